The Bertz CT molecular complexity index is 956. The van der Waals surface area contributed by atoms with E-state index < -0.39 is 0 Å². The van der Waals surface area contributed by atoms with Crippen molar-refractivity contribution in [1.82, 2.24) is 0 Å². The molecule has 0 bridgehead atoms. The fourth-order valence-corrected chi connectivity index (χ4v) is 2.87. The first-order valence-corrected chi connectivity index (χ1v) is 8.55. The molecule has 3 rings (SSSR count). The molecule has 2 N–H and O–H groups in total. The lowest BCUT2D eigenvalue weighted by Crippen LogP contribution is -2.32. The Morgan fingerprint density at radius 1 is 0.667 bits per heavy atom. The van der Waals surface area contributed by atoms with E-state index in [9.17, 15) is 9.59 Å². The number of nitrogens with zero attached hydrogens (tertiary/aromatic N) is 2. The molecule has 5 heteroatoms. The second-order valence-corrected chi connectivity index (χ2v) is 6.17. The summed E-state index contributed by atoms with van der Waals surface area (Å²) in [5.74, 6) is -0.623. The van der Waals surface area contributed by atoms with Gasteiger partial charge in [-0.1, -0.05) is 42.5 Å². The van der Waals surface area contributed by atoms with Crippen LogP contribution in [0.3, 0.4) is 0 Å². The molecule has 0 unspecified atom stereocenters. The van der Waals surface area contributed by atoms with Crippen LogP contribution >= 0.6 is 0 Å². The van der Waals surface area contributed by atoms with Crippen LogP contribution in [0.4, 0.5) is 17.1 Å². The third-order valence-electron chi connectivity index (χ3n) is 4.44. The molecule has 0 aliphatic heterocycles. The summed E-state index contributed by atoms with van der Waals surface area (Å²) < 4.78 is 0. The highest BCUT2D eigenvalue weighted by molar-refractivity contribution is 6.18. The van der Waals surface area contributed by atoms with Gasteiger partial charge < -0.3 is 15.5 Å². The molecule has 27 heavy (non-hydrogen) atoms. The van der Waals surface area contributed by atoms with Crippen molar-refractivity contribution in [3.05, 3.63) is 90.0 Å². The molecule has 0 saturated heterocycles. The van der Waals surface area contributed by atoms with Gasteiger partial charge in [0.2, 0.25) is 0 Å². The van der Waals surface area contributed by atoms with E-state index in [1.807, 2.05) is 60.7 Å². The van der Waals surface area contributed by atoms with Crippen LogP contribution in [-0.4, -0.2) is 25.9 Å². The minimum absolute atomic E-state index is 0.205. The number of hydrogen-bond donors (Lipinski definition) is 1. The largest absolute Gasteiger partial charge is 0.398 e. The third kappa shape index (κ3) is 3.67. The van der Waals surface area contributed by atoms with Crippen molar-refractivity contribution in [3.8, 4) is 0 Å². The van der Waals surface area contributed by atoms with E-state index in [1.54, 1.807) is 32.3 Å². The molecule has 0 aliphatic carbocycles. The van der Waals surface area contributed by atoms with Crippen molar-refractivity contribution in [1.29, 1.82) is 0 Å². The highest BCUT2D eigenvalue weighted by Crippen LogP contribution is 2.24. The molecule has 0 aliphatic rings. The quantitative estimate of drug-likeness (QED) is 0.720. The zero-order valence-corrected chi connectivity index (χ0v) is 15.3. The van der Waals surface area contributed by atoms with Crippen LogP contribution in [0.25, 0.3) is 0 Å². The lowest BCUT2D eigenvalue weighted by molar-refractivity contribution is 0.0961. The summed E-state index contributed by atoms with van der Waals surface area (Å²) in [7, 11) is 3.34. The molecular formula is C22H21N3O2. The number of anilines is 3. The Labute approximate surface area is 158 Å². The fourth-order valence-electron chi connectivity index (χ4n) is 2.87. The highest BCUT2D eigenvalue weighted by atomic mass is 16.2. The van der Waals surface area contributed by atoms with Crippen LogP contribution < -0.4 is 15.5 Å². The van der Waals surface area contributed by atoms with Crippen molar-refractivity contribution in [2.24, 2.45) is 0 Å². The van der Waals surface area contributed by atoms with Gasteiger partial charge in [-0.3, -0.25) is 9.59 Å². The van der Waals surface area contributed by atoms with Gasteiger partial charge in [-0.25, -0.2) is 0 Å². The van der Waals surface area contributed by atoms with E-state index in [4.69, 9.17) is 5.73 Å². The average molecular weight is 359 g/mol. The molecule has 2 amide bonds. The minimum Gasteiger partial charge on any atom is -0.398 e. The van der Waals surface area contributed by atoms with Crippen LogP contribution in [0.15, 0.2) is 78.9 Å². The summed E-state index contributed by atoms with van der Waals surface area (Å²) in [5.41, 5.74) is 8.31. The summed E-state index contributed by atoms with van der Waals surface area (Å²) in [6.45, 7) is 0. The Kier molecular flexibility index (Phi) is 5.22. The second kappa shape index (κ2) is 7.74. The van der Waals surface area contributed by atoms with Crippen LogP contribution in [0.2, 0.25) is 0 Å². The van der Waals surface area contributed by atoms with Crippen molar-refractivity contribution in [3.63, 3.8) is 0 Å². The number of carbonyl (C=O) groups is 2. The highest BCUT2D eigenvalue weighted by Gasteiger charge is 2.25. The number of nitrogens with two attached hydrogens (primary N) is 1. The average Bonchev–Trinajstić information content (AvgIpc) is 2.72. The molecule has 136 valence electrons. The SMILES string of the molecule is CN(C(=O)c1cccc(N)c1C(=O)N(C)c1ccccc1)c1ccccc1. The van der Waals surface area contributed by atoms with E-state index in [0.717, 1.165) is 11.4 Å². The number of carbonyl (C=O) groups excluding carboxylic acids is 2. The number of nitrogen functional groups attached to an aromatic ring is 1. The molecule has 5 nitrogen and oxygen atoms in total. The van der Waals surface area contributed by atoms with Gasteiger partial charge in [0.1, 0.15) is 0 Å². The minimum atomic E-state index is -0.330. The Morgan fingerprint density at radius 3 is 1.67 bits per heavy atom. The number of amides is 2. The summed E-state index contributed by atoms with van der Waals surface area (Å²) in [6, 6.07) is 23.4. The predicted octanol–water partition coefficient (Wildman–Crippen LogP) is 3.82. The number of rotatable bonds is 4. The lowest BCUT2D eigenvalue weighted by atomic mass is 10.0. The van der Waals surface area contributed by atoms with Gasteiger partial charge in [-0.05, 0) is 36.4 Å². The van der Waals surface area contributed by atoms with Crippen molar-refractivity contribution < 1.29 is 9.59 Å². The van der Waals surface area contributed by atoms with E-state index in [-0.39, 0.29) is 28.6 Å². The van der Waals surface area contributed by atoms with Gasteiger partial charge in [-0.2, -0.15) is 0 Å². The summed E-state index contributed by atoms with van der Waals surface area (Å²) in [4.78, 5) is 29.2. The molecule has 3 aromatic carbocycles. The number of hydrogen-bond acceptors (Lipinski definition) is 3. The normalized spacial score (nSPS) is 10.3. The Balaban J connectivity index is 2.00. The molecule has 0 saturated carbocycles. The zero-order valence-electron chi connectivity index (χ0n) is 15.3. The predicted molar refractivity (Wildman–Crippen MR) is 109 cm³/mol. The lowest BCUT2D eigenvalue weighted by Gasteiger charge is -2.23. The standard InChI is InChI=1S/C22H21N3O2/c1-24(16-10-5-3-6-11-16)21(26)18-14-9-15-19(23)20(18)22(27)25(2)17-12-7-4-8-13-17/h3-15H,23H2,1-2H3. The van der Waals surface area contributed by atoms with Gasteiger partial charge in [0.05, 0.1) is 11.1 Å². The number of benzene rings is 3. The molecule has 0 heterocycles. The van der Waals surface area contributed by atoms with Crippen LogP contribution in [0.1, 0.15) is 20.7 Å². The molecular weight excluding hydrogens is 338 g/mol. The van der Waals surface area contributed by atoms with Gasteiger partial charge in [0, 0.05) is 31.2 Å². The second-order valence-electron chi connectivity index (χ2n) is 6.17. The van der Waals surface area contributed by atoms with Crippen LogP contribution in [0.5, 0.6) is 0 Å². The van der Waals surface area contributed by atoms with Crippen molar-refractivity contribution in [2.45, 2.75) is 0 Å². The van der Waals surface area contributed by atoms with Gasteiger partial charge in [0.15, 0.2) is 0 Å². The van der Waals surface area contributed by atoms with E-state index in [0.29, 0.717) is 0 Å². The van der Waals surface area contributed by atoms with Crippen LogP contribution in [-0.2, 0) is 0 Å². The monoisotopic (exact) mass is 359 g/mol. The van der Waals surface area contributed by atoms with Gasteiger partial charge in [0.25, 0.3) is 11.8 Å². The summed E-state index contributed by atoms with van der Waals surface area (Å²) >= 11 is 0. The first-order valence-electron chi connectivity index (χ1n) is 8.55. The Hall–Kier alpha value is -3.60. The molecule has 0 radical (unpaired) electrons. The topological polar surface area (TPSA) is 66.6 Å². The number of para-hydroxylation sites is 2. The molecule has 0 fully saturated rings. The van der Waals surface area contributed by atoms with Gasteiger partial charge in [-0.15, -0.1) is 0 Å². The van der Waals surface area contributed by atoms with E-state index >= 15 is 0 Å². The van der Waals surface area contributed by atoms with Crippen LogP contribution in [0, 0.1) is 0 Å². The molecule has 0 spiro atoms. The smallest absolute Gasteiger partial charge is 0.260 e. The maximum absolute atomic E-state index is 13.1. The maximum atomic E-state index is 13.1. The summed E-state index contributed by atoms with van der Waals surface area (Å²) in [5, 5.41) is 0. The first-order chi connectivity index (χ1) is 13.0. The fraction of sp³-hybridized carbons (Fsp3) is 0.0909. The van der Waals surface area contributed by atoms with Gasteiger partial charge >= 0.3 is 0 Å². The molecule has 0 aromatic heterocycles. The van der Waals surface area contributed by atoms with Crippen molar-refractivity contribution >= 4 is 28.9 Å². The van der Waals surface area contributed by atoms with E-state index in [1.165, 1.54) is 9.80 Å². The Morgan fingerprint density at radius 2 is 1.15 bits per heavy atom. The summed E-state index contributed by atoms with van der Waals surface area (Å²) in [6.07, 6.45) is 0. The third-order valence-corrected chi connectivity index (χ3v) is 4.44. The maximum Gasteiger partial charge on any atom is 0.260 e. The van der Waals surface area contributed by atoms with E-state index in [2.05, 4.69) is 0 Å². The molecule has 0 atom stereocenters. The van der Waals surface area contributed by atoms with Crippen molar-refractivity contribution in [2.75, 3.05) is 29.6 Å². The molecule has 3 aromatic rings. The first kappa shape index (κ1) is 18.2. The zero-order chi connectivity index (χ0) is 19.4.